The van der Waals surface area contributed by atoms with E-state index in [-0.39, 0.29) is 12.5 Å². The van der Waals surface area contributed by atoms with Gasteiger partial charge < -0.3 is 19.7 Å². The molecular weight excluding hydrogens is 344 g/mol. The first-order chi connectivity index (χ1) is 13.1. The van der Waals surface area contributed by atoms with E-state index < -0.39 is 5.97 Å². The van der Waals surface area contributed by atoms with Crippen LogP contribution in [0, 0.1) is 6.92 Å². The SMILES string of the molecule is COC(=O)c1ccc(N2CCCC2)c(NC(=O)COc2cccc(C)c2)c1. The maximum absolute atomic E-state index is 12.4. The molecule has 1 amide bonds. The molecule has 1 fully saturated rings. The van der Waals surface area contributed by atoms with Gasteiger partial charge in [0.15, 0.2) is 6.61 Å². The molecule has 0 radical (unpaired) electrons. The monoisotopic (exact) mass is 368 g/mol. The van der Waals surface area contributed by atoms with Crippen LogP contribution in [0.15, 0.2) is 42.5 Å². The number of nitrogens with one attached hydrogen (secondary N) is 1. The second-order valence-electron chi connectivity index (χ2n) is 6.57. The average molecular weight is 368 g/mol. The number of amides is 1. The molecule has 1 aliphatic heterocycles. The lowest BCUT2D eigenvalue weighted by Crippen LogP contribution is -2.24. The fraction of sp³-hybridized carbons (Fsp3) is 0.333. The van der Waals surface area contributed by atoms with Crippen molar-refractivity contribution in [3.05, 3.63) is 53.6 Å². The number of hydrogen-bond donors (Lipinski definition) is 1. The lowest BCUT2D eigenvalue weighted by atomic mass is 10.1. The largest absolute Gasteiger partial charge is 0.484 e. The zero-order chi connectivity index (χ0) is 19.2. The average Bonchev–Trinajstić information content (AvgIpc) is 3.20. The van der Waals surface area contributed by atoms with Gasteiger partial charge in [-0.2, -0.15) is 0 Å². The summed E-state index contributed by atoms with van der Waals surface area (Å²) in [7, 11) is 1.34. The maximum atomic E-state index is 12.4. The van der Waals surface area contributed by atoms with Crippen molar-refractivity contribution in [2.45, 2.75) is 19.8 Å². The smallest absolute Gasteiger partial charge is 0.337 e. The second-order valence-corrected chi connectivity index (χ2v) is 6.57. The van der Waals surface area contributed by atoms with Crippen molar-refractivity contribution in [2.24, 2.45) is 0 Å². The van der Waals surface area contributed by atoms with Crippen LogP contribution in [-0.4, -0.2) is 38.7 Å². The van der Waals surface area contributed by atoms with E-state index in [4.69, 9.17) is 9.47 Å². The highest BCUT2D eigenvalue weighted by molar-refractivity contribution is 5.98. The van der Waals surface area contributed by atoms with E-state index in [2.05, 4.69) is 10.2 Å². The molecule has 0 spiro atoms. The van der Waals surface area contributed by atoms with Crippen LogP contribution in [0.2, 0.25) is 0 Å². The van der Waals surface area contributed by atoms with E-state index >= 15 is 0 Å². The van der Waals surface area contributed by atoms with Crippen molar-refractivity contribution in [3.63, 3.8) is 0 Å². The van der Waals surface area contributed by atoms with Gasteiger partial charge in [-0.25, -0.2) is 4.79 Å². The van der Waals surface area contributed by atoms with Gasteiger partial charge in [-0.3, -0.25) is 4.79 Å². The van der Waals surface area contributed by atoms with Gasteiger partial charge in [0.1, 0.15) is 5.75 Å². The Hall–Kier alpha value is -3.02. The Morgan fingerprint density at radius 3 is 2.59 bits per heavy atom. The third-order valence-electron chi connectivity index (χ3n) is 4.50. The van der Waals surface area contributed by atoms with Crippen molar-refractivity contribution >= 4 is 23.3 Å². The first-order valence-electron chi connectivity index (χ1n) is 9.03. The maximum Gasteiger partial charge on any atom is 0.337 e. The van der Waals surface area contributed by atoms with Crippen LogP contribution >= 0.6 is 0 Å². The fourth-order valence-corrected chi connectivity index (χ4v) is 3.16. The number of rotatable bonds is 6. The summed E-state index contributed by atoms with van der Waals surface area (Å²) in [5.41, 5.74) is 2.96. The predicted molar refractivity (Wildman–Crippen MR) is 105 cm³/mol. The first kappa shape index (κ1) is 18.8. The molecule has 1 saturated heterocycles. The molecule has 1 aliphatic rings. The van der Waals surface area contributed by atoms with E-state index in [0.29, 0.717) is 17.0 Å². The Labute approximate surface area is 159 Å². The molecule has 0 saturated carbocycles. The highest BCUT2D eigenvalue weighted by Gasteiger charge is 2.19. The molecule has 3 rings (SSSR count). The third-order valence-corrected chi connectivity index (χ3v) is 4.50. The molecule has 6 heteroatoms. The van der Waals surface area contributed by atoms with Crippen LogP contribution in [0.5, 0.6) is 5.75 Å². The lowest BCUT2D eigenvalue weighted by Gasteiger charge is -2.22. The molecule has 1 heterocycles. The Morgan fingerprint density at radius 1 is 1.11 bits per heavy atom. The van der Waals surface area contributed by atoms with Gasteiger partial charge in [0.25, 0.3) is 5.91 Å². The van der Waals surface area contributed by atoms with Crippen LogP contribution in [-0.2, 0) is 9.53 Å². The van der Waals surface area contributed by atoms with Crippen molar-refractivity contribution in [1.82, 2.24) is 0 Å². The van der Waals surface area contributed by atoms with Gasteiger partial charge in [0.2, 0.25) is 0 Å². The van der Waals surface area contributed by atoms with Crippen LogP contribution in [0.1, 0.15) is 28.8 Å². The molecule has 0 aliphatic carbocycles. The normalized spacial score (nSPS) is 13.3. The van der Waals surface area contributed by atoms with E-state index in [1.165, 1.54) is 7.11 Å². The van der Waals surface area contributed by atoms with Crippen LogP contribution in [0.4, 0.5) is 11.4 Å². The molecule has 2 aromatic carbocycles. The highest BCUT2D eigenvalue weighted by Crippen LogP contribution is 2.30. The Morgan fingerprint density at radius 2 is 1.89 bits per heavy atom. The molecule has 0 atom stereocenters. The minimum Gasteiger partial charge on any atom is -0.484 e. The van der Waals surface area contributed by atoms with E-state index in [0.717, 1.165) is 37.2 Å². The molecule has 0 aromatic heterocycles. The number of esters is 1. The number of methoxy groups -OCH3 is 1. The molecule has 2 aromatic rings. The number of ether oxygens (including phenoxy) is 2. The molecule has 0 bridgehead atoms. The van der Waals surface area contributed by atoms with E-state index in [1.807, 2.05) is 37.3 Å². The Bertz CT molecular complexity index is 829. The molecule has 6 nitrogen and oxygen atoms in total. The van der Waals surface area contributed by atoms with E-state index in [1.54, 1.807) is 12.1 Å². The number of benzene rings is 2. The molecule has 27 heavy (non-hydrogen) atoms. The van der Waals surface area contributed by atoms with Crippen molar-refractivity contribution in [2.75, 3.05) is 37.0 Å². The summed E-state index contributed by atoms with van der Waals surface area (Å²) in [5, 5.41) is 2.88. The number of aryl methyl sites for hydroxylation is 1. The first-order valence-corrected chi connectivity index (χ1v) is 9.03. The van der Waals surface area contributed by atoms with Gasteiger partial charge >= 0.3 is 5.97 Å². The van der Waals surface area contributed by atoms with Gasteiger partial charge in [0, 0.05) is 13.1 Å². The quantitative estimate of drug-likeness (QED) is 0.792. The van der Waals surface area contributed by atoms with Gasteiger partial charge in [-0.05, 0) is 55.7 Å². The van der Waals surface area contributed by atoms with Crippen molar-refractivity contribution in [1.29, 1.82) is 0 Å². The summed E-state index contributed by atoms with van der Waals surface area (Å²) in [5.74, 6) is -0.0679. The van der Waals surface area contributed by atoms with Crippen molar-refractivity contribution < 1.29 is 19.1 Å². The minimum absolute atomic E-state index is 0.106. The number of nitrogens with zero attached hydrogens (tertiary/aromatic N) is 1. The number of hydrogen-bond acceptors (Lipinski definition) is 5. The topological polar surface area (TPSA) is 67.9 Å². The Kier molecular flexibility index (Phi) is 5.96. The van der Waals surface area contributed by atoms with Gasteiger partial charge in [-0.15, -0.1) is 0 Å². The predicted octanol–water partition coefficient (Wildman–Crippen LogP) is 3.40. The third kappa shape index (κ3) is 4.78. The summed E-state index contributed by atoms with van der Waals surface area (Å²) >= 11 is 0. The molecule has 0 unspecified atom stereocenters. The minimum atomic E-state index is -0.436. The van der Waals surface area contributed by atoms with Gasteiger partial charge in [0.05, 0.1) is 24.0 Å². The van der Waals surface area contributed by atoms with Gasteiger partial charge in [-0.1, -0.05) is 12.1 Å². The second kappa shape index (κ2) is 8.58. The zero-order valence-electron chi connectivity index (χ0n) is 15.7. The zero-order valence-corrected chi connectivity index (χ0v) is 15.7. The summed E-state index contributed by atoms with van der Waals surface area (Å²) < 4.78 is 10.4. The summed E-state index contributed by atoms with van der Waals surface area (Å²) in [4.78, 5) is 26.5. The highest BCUT2D eigenvalue weighted by atomic mass is 16.5. The fourth-order valence-electron chi connectivity index (χ4n) is 3.16. The standard InChI is InChI=1S/C21H24N2O4/c1-15-6-5-7-17(12-15)27-14-20(24)22-18-13-16(21(25)26-2)8-9-19(18)23-10-3-4-11-23/h5-9,12-13H,3-4,10-11,14H2,1-2H3,(H,22,24). The van der Waals surface area contributed by atoms with Crippen LogP contribution < -0.4 is 15.0 Å². The lowest BCUT2D eigenvalue weighted by molar-refractivity contribution is -0.118. The summed E-state index contributed by atoms with van der Waals surface area (Å²) in [6, 6.07) is 12.8. The molecule has 1 N–H and O–H groups in total. The van der Waals surface area contributed by atoms with Crippen LogP contribution in [0.3, 0.4) is 0 Å². The summed E-state index contributed by atoms with van der Waals surface area (Å²) in [6.45, 7) is 3.72. The van der Waals surface area contributed by atoms with E-state index in [9.17, 15) is 9.59 Å². The van der Waals surface area contributed by atoms with Crippen LogP contribution in [0.25, 0.3) is 0 Å². The molecular formula is C21H24N2O4. The number of carbonyl (C=O) groups excluding carboxylic acids is 2. The van der Waals surface area contributed by atoms with Crippen molar-refractivity contribution in [3.8, 4) is 5.75 Å². The summed E-state index contributed by atoms with van der Waals surface area (Å²) in [6.07, 6.45) is 2.23. The molecule has 142 valence electrons. The number of carbonyl (C=O) groups is 2. The Balaban J connectivity index is 1.74. The number of anilines is 2.